The van der Waals surface area contributed by atoms with E-state index in [1.54, 1.807) is 30.5 Å². The maximum Gasteiger partial charge on any atom is 0.337 e. The largest absolute Gasteiger partial charge is 0.465 e. The summed E-state index contributed by atoms with van der Waals surface area (Å²) in [7, 11) is 1.34. The van der Waals surface area contributed by atoms with E-state index in [1.165, 1.54) is 12.7 Å². The van der Waals surface area contributed by atoms with Gasteiger partial charge in [-0.15, -0.1) is 0 Å². The lowest BCUT2D eigenvalue weighted by atomic mass is 10.0. The molecule has 1 aliphatic rings. The number of hydrogen-bond donors (Lipinski definition) is 1. The number of methoxy groups -OCH3 is 1. The van der Waals surface area contributed by atoms with Gasteiger partial charge in [-0.25, -0.2) is 9.78 Å². The summed E-state index contributed by atoms with van der Waals surface area (Å²) in [6, 6.07) is 15.0. The van der Waals surface area contributed by atoms with Gasteiger partial charge in [-0.05, 0) is 48.7 Å². The van der Waals surface area contributed by atoms with Gasteiger partial charge in [0, 0.05) is 18.4 Å². The van der Waals surface area contributed by atoms with Crippen molar-refractivity contribution in [1.29, 1.82) is 0 Å². The monoisotopic (exact) mass is 394 g/mol. The van der Waals surface area contributed by atoms with Gasteiger partial charge in [-0.3, -0.25) is 0 Å². The molecule has 1 N–H and O–H groups in total. The summed E-state index contributed by atoms with van der Waals surface area (Å²) >= 11 is 6.28. The third-order valence-corrected chi connectivity index (χ3v) is 4.97. The number of esters is 1. The highest BCUT2D eigenvalue weighted by atomic mass is 35.5. The zero-order valence-corrected chi connectivity index (χ0v) is 16.1. The van der Waals surface area contributed by atoms with E-state index in [-0.39, 0.29) is 0 Å². The molecular weight excluding hydrogens is 376 g/mol. The fourth-order valence-corrected chi connectivity index (χ4v) is 3.46. The van der Waals surface area contributed by atoms with E-state index < -0.39 is 5.97 Å². The molecule has 4 rings (SSSR count). The molecule has 2 aromatic carbocycles. The Balaban J connectivity index is 1.63. The van der Waals surface area contributed by atoms with Gasteiger partial charge in [-0.1, -0.05) is 29.8 Å². The molecule has 0 saturated carbocycles. The highest BCUT2D eigenvalue weighted by Crippen LogP contribution is 2.32. The van der Waals surface area contributed by atoms with Gasteiger partial charge in [0.15, 0.2) is 0 Å². The maximum atomic E-state index is 11.8. The summed E-state index contributed by atoms with van der Waals surface area (Å²) in [6.07, 6.45) is 3.81. The van der Waals surface area contributed by atoms with Crippen molar-refractivity contribution in [2.75, 3.05) is 23.9 Å². The highest BCUT2D eigenvalue weighted by Gasteiger charge is 2.20. The van der Waals surface area contributed by atoms with Crippen LogP contribution in [0.3, 0.4) is 0 Å². The van der Waals surface area contributed by atoms with Crippen LogP contribution in [-0.4, -0.2) is 29.6 Å². The van der Waals surface area contributed by atoms with Crippen LogP contribution in [0.25, 0.3) is 0 Å². The molecule has 0 radical (unpaired) electrons. The van der Waals surface area contributed by atoms with Crippen molar-refractivity contribution in [2.24, 2.45) is 0 Å². The van der Waals surface area contributed by atoms with Gasteiger partial charge in [0.1, 0.15) is 5.82 Å². The summed E-state index contributed by atoms with van der Waals surface area (Å²) in [5.41, 5.74) is 3.42. The molecule has 0 spiro atoms. The second-order valence-electron chi connectivity index (χ2n) is 6.44. The lowest BCUT2D eigenvalue weighted by Gasteiger charge is -2.29. The molecule has 0 amide bonds. The van der Waals surface area contributed by atoms with Crippen LogP contribution in [0.15, 0.2) is 54.7 Å². The normalized spacial score (nSPS) is 13.0. The number of para-hydroxylation sites is 1. The van der Waals surface area contributed by atoms with Crippen molar-refractivity contribution >= 4 is 40.7 Å². The minimum Gasteiger partial charge on any atom is -0.465 e. The Labute approximate surface area is 168 Å². The highest BCUT2D eigenvalue weighted by molar-refractivity contribution is 6.33. The Kier molecular flexibility index (Phi) is 5.12. The zero-order valence-electron chi connectivity index (χ0n) is 15.4. The number of carbonyl (C=O) groups is 1. The van der Waals surface area contributed by atoms with Crippen LogP contribution >= 0.6 is 11.6 Å². The lowest BCUT2D eigenvalue weighted by Crippen LogP contribution is -2.26. The van der Waals surface area contributed by atoms with Gasteiger partial charge < -0.3 is 15.0 Å². The van der Waals surface area contributed by atoms with Crippen molar-refractivity contribution in [2.45, 2.75) is 12.8 Å². The number of ether oxygens (including phenoxy) is 1. The van der Waals surface area contributed by atoms with E-state index in [9.17, 15) is 4.79 Å². The average Bonchev–Trinajstić information content (AvgIpc) is 2.74. The number of benzene rings is 2. The van der Waals surface area contributed by atoms with Crippen LogP contribution in [0.2, 0.25) is 5.02 Å². The molecular formula is C21H19ClN4O2. The summed E-state index contributed by atoms with van der Waals surface area (Å²) in [4.78, 5) is 23.0. The summed E-state index contributed by atoms with van der Waals surface area (Å²) < 4.78 is 4.77. The SMILES string of the molecule is COC(=O)c1ccc(Cl)c(Nc2ccnc(N3CCCc4ccccc43)n2)c1. The van der Waals surface area contributed by atoms with Crippen molar-refractivity contribution in [3.63, 3.8) is 0 Å². The summed E-state index contributed by atoms with van der Waals surface area (Å²) in [5.74, 6) is 0.794. The molecule has 7 heteroatoms. The fourth-order valence-electron chi connectivity index (χ4n) is 3.29. The Bertz CT molecular complexity index is 1020. The minimum atomic E-state index is -0.423. The predicted octanol–water partition coefficient (Wildman–Crippen LogP) is 4.74. The first-order valence-corrected chi connectivity index (χ1v) is 9.37. The Hall–Kier alpha value is -3.12. The second kappa shape index (κ2) is 7.86. The number of nitrogens with one attached hydrogen (secondary N) is 1. The minimum absolute atomic E-state index is 0.411. The average molecular weight is 395 g/mol. The predicted molar refractivity (Wildman–Crippen MR) is 110 cm³/mol. The summed E-state index contributed by atoms with van der Waals surface area (Å²) in [6.45, 7) is 0.860. The smallest absolute Gasteiger partial charge is 0.337 e. The molecule has 1 aromatic heterocycles. The maximum absolute atomic E-state index is 11.8. The molecule has 1 aliphatic heterocycles. The van der Waals surface area contributed by atoms with Crippen molar-refractivity contribution in [1.82, 2.24) is 9.97 Å². The fraction of sp³-hybridized carbons (Fsp3) is 0.190. The molecule has 142 valence electrons. The third kappa shape index (κ3) is 3.64. The van der Waals surface area contributed by atoms with Crippen LogP contribution in [0.1, 0.15) is 22.3 Å². The molecule has 0 aliphatic carbocycles. The molecule has 0 unspecified atom stereocenters. The van der Waals surface area contributed by atoms with E-state index in [0.29, 0.717) is 28.0 Å². The van der Waals surface area contributed by atoms with Crippen molar-refractivity contribution in [3.05, 3.63) is 70.9 Å². The Morgan fingerprint density at radius 3 is 2.93 bits per heavy atom. The van der Waals surface area contributed by atoms with Gasteiger partial charge in [0.2, 0.25) is 5.95 Å². The van der Waals surface area contributed by atoms with E-state index in [2.05, 4.69) is 38.4 Å². The molecule has 2 heterocycles. The van der Waals surface area contributed by atoms with Crippen LogP contribution in [0, 0.1) is 0 Å². The number of aryl methyl sites for hydroxylation is 1. The van der Waals surface area contributed by atoms with Gasteiger partial charge >= 0.3 is 5.97 Å². The van der Waals surface area contributed by atoms with E-state index in [1.807, 2.05) is 6.07 Å². The molecule has 0 fully saturated rings. The van der Waals surface area contributed by atoms with E-state index in [0.717, 1.165) is 25.1 Å². The number of carbonyl (C=O) groups excluding carboxylic acids is 1. The quantitative estimate of drug-likeness (QED) is 0.644. The van der Waals surface area contributed by atoms with E-state index in [4.69, 9.17) is 16.3 Å². The Morgan fingerprint density at radius 1 is 1.21 bits per heavy atom. The van der Waals surface area contributed by atoms with Gasteiger partial charge in [0.05, 0.1) is 23.4 Å². The number of fused-ring (bicyclic) bond motifs is 1. The number of anilines is 4. The number of halogens is 1. The number of rotatable bonds is 4. The van der Waals surface area contributed by atoms with Crippen LogP contribution in [-0.2, 0) is 11.2 Å². The van der Waals surface area contributed by atoms with Gasteiger partial charge in [-0.2, -0.15) is 4.98 Å². The standard InChI is InChI=1S/C21H19ClN4O2/c1-28-20(27)15-8-9-16(22)17(13-15)24-19-10-11-23-21(25-19)26-12-4-6-14-5-2-3-7-18(14)26/h2-3,5,7-11,13H,4,6,12H2,1H3,(H,23,24,25). The van der Waals surface area contributed by atoms with Crippen LogP contribution < -0.4 is 10.2 Å². The molecule has 0 bridgehead atoms. The molecule has 3 aromatic rings. The topological polar surface area (TPSA) is 67.3 Å². The zero-order chi connectivity index (χ0) is 19.5. The van der Waals surface area contributed by atoms with Crippen molar-refractivity contribution < 1.29 is 9.53 Å². The Morgan fingerprint density at radius 2 is 2.07 bits per heavy atom. The van der Waals surface area contributed by atoms with Crippen molar-refractivity contribution in [3.8, 4) is 0 Å². The first-order chi connectivity index (χ1) is 13.7. The van der Waals surface area contributed by atoms with Crippen LogP contribution in [0.5, 0.6) is 0 Å². The first-order valence-electron chi connectivity index (χ1n) is 8.99. The third-order valence-electron chi connectivity index (χ3n) is 4.64. The van der Waals surface area contributed by atoms with Crippen LogP contribution in [0.4, 0.5) is 23.1 Å². The first kappa shape index (κ1) is 18.3. The number of aromatic nitrogens is 2. The van der Waals surface area contributed by atoms with E-state index >= 15 is 0 Å². The molecule has 0 saturated heterocycles. The number of nitrogens with zero attached hydrogens (tertiary/aromatic N) is 3. The molecule has 0 atom stereocenters. The molecule has 6 nitrogen and oxygen atoms in total. The molecule has 28 heavy (non-hydrogen) atoms. The summed E-state index contributed by atoms with van der Waals surface area (Å²) in [5, 5.41) is 3.66. The van der Waals surface area contributed by atoms with Gasteiger partial charge in [0.25, 0.3) is 0 Å². The lowest BCUT2D eigenvalue weighted by molar-refractivity contribution is 0.0601. The number of hydrogen-bond acceptors (Lipinski definition) is 6. The second-order valence-corrected chi connectivity index (χ2v) is 6.84.